The third-order valence-electron chi connectivity index (χ3n) is 3.89. The summed E-state index contributed by atoms with van der Waals surface area (Å²) in [6.45, 7) is 2.59. The standard InChI is InChI=1S/C20H15IN2O3S/c1-2-26-17-8-7-13(9-16(17)21)10-18-19(24)23(20(25)27-18)12-15-6-4-3-5-14(15)11-22/h3-10H,2,12H2,1H3. The highest BCUT2D eigenvalue weighted by Gasteiger charge is 2.35. The number of carbonyl (C=O) groups is 2. The third-order valence-corrected chi connectivity index (χ3v) is 5.64. The minimum absolute atomic E-state index is 0.0898. The van der Waals surface area contributed by atoms with E-state index in [0.29, 0.717) is 22.6 Å². The Bertz CT molecular complexity index is 981. The van der Waals surface area contributed by atoms with Crippen molar-refractivity contribution < 1.29 is 14.3 Å². The van der Waals surface area contributed by atoms with Crippen molar-refractivity contribution in [2.45, 2.75) is 13.5 Å². The summed E-state index contributed by atoms with van der Waals surface area (Å²) in [7, 11) is 0. The number of rotatable bonds is 5. The predicted octanol–water partition coefficient (Wildman–Crippen LogP) is 4.80. The first kappa shape index (κ1) is 19.5. The van der Waals surface area contributed by atoms with Crippen LogP contribution in [0.2, 0.25) is 0 Å². The van der Waals surface area contributed by atoms with Crippen LogP contribution in [0.1, 0.15) is 23.6 Å². The number of hydrogen-bond donors (Lipinski definition) is 0. The van der Waals surface area contributed by atoms with Gasteiger partial charge in [0.2, 0.25) is 0 Å². The van der Waals surface area contributed by atoms with Crippen molar-refractivity contribution in [3.63, 3.8) is 0 Å². The monoisotopic (exact) mass is 490 g/mol. The second-order valence-electron chi connectivity index (χ2n) is 5.66. The van der Waals surface area contributed by atoms with E-state index in [1.807, 2.05) is 25.1 Å². The molecule has 0 saturated carbocycles. The molecular formula is C20H15IN2O3S. The molecule has 136 valence electrons. The summed E-state index contributed by atoms with van der Waals surface area (Å²) < 4.78 is 6.45. The lowest BCUT2D eigenvalue weighted by Gasteiger charge is -2.13. The smallest absolute Gasteiger partial charge is 0.293 e. The molecule has 0 atom stereocenters. The van der Waals surface area contributed by atoms with Gasteiger partial charge in [0.15, 0.2) is 0 Å². The molecule has 1 saturated heterocycles. The molecule has 1 fully saturated rings. The maximum Gasteiger partial charge on any atom is 0.293 e. The maximum absolute atomic E-state index is 12.7. The molecule has 0 aliphatic carbocycles. The lowest BCUT2D eigenvalue weighted by Crippen LogP contribution is -2.27. The van der Waals surface area contributed by atoms with Crippen LogP contribution in [-0.4, -0.2) is 22.7 Å². The number of halogens is 1. The average molecular weight is 490 g/mol. The molecule has 1 aliphatic heterocycles. The zero-order chi connectivity index (χ0) is 19.4. The van der Waals surface area contributed by atoms with Crippen molar-refractivity contribution in [2.24, 2.45) is 0 Å². The summed E-state index contributed by atoms with van der Waals surface area (Å²) in [6.07, 6.45) is 1.71. The van der Waals surface area contributed by atoms with Gasteiger partial charge in [-0.3, -0.25) is 14.5 Å². The number of nitriles is 1. The van der Waals surface area contributed by atoms with Crippen molar-refractivity contribution in [1.82, 2.24) is 4.90 Å². The van der Waals surface area contributed by atoms with Crippen molar-refractivity contribution in [3.8, 4) is 11.8 Å². The lowest BCUT2D eigenvalue weighted by molar-refractivity contribution is -0.123. The molecule has 0 unspecified atom stereocenters. The van der Waals surface area contributed by atoms with Crippen molar-refractivity contribution in [1.29, 1.82) is 5.26 Å². The third kappa shape index (κ3) is 4.34. The molecule has 2 aromatic carbocycles. The van der Waals surface area contributed by atoms with Crippen LogP contribution in [0, 0.1) is 14.9 Å². The molecule has 1 heterocycles. The van der Waals surface area contributed by atoms with E-state index >= 15 is 0 Å². The minimum atomic E-state index is -0.346. The van der Waals surface area contributed by atoms with Crippen LogP contribution >= 0.6 is 34.4 Å². The van der Waals surface area contributed by atoms with Gasteiger partial charge in [-0.1, -0.05) is 24.3 Å². The van der Waals surface area contributed by atoms with Gasteiger partial charge in [-0.25, -0.2) is 0 Å². The van der Waals surface area contributed by atoms with Crippen molar-refractivity contribution in [3.05, 3.63) is 67.6 Å². The highest BCUT2D eigenvalue weighted by Crippen LogP contribution is 2.34. The second kappa shape index (κ2) is 8.59. The normalized spacial score (nSPS) is 15.3. The number of amides is 2. The quantitative estimate of drug-likeness (QED) is 0.445. The van der Waals surface area contributed by atoms with Crippen molar-refractivity contribution in [2.75, 3.05) is 6.61 Å². The van der Waals surface area contributed by atoms with Crippen LogP contribution < -0.4 is 4.74 Å². The molecule has 1 aliphatic rings. The first-order valence-electron chi connectivity index (χ1n) is 8.19. The van der Waals surface area contributed by atoms with Gasteiger partial charge < -0.3 is 4.74 Å². The van der Waals surface area contributed by atoms with Crippen LogP contribution in [0.4, 0.5) is 4.79 Å². The Balaban J connectivity index is 1.82. The van der Waals surface area contributed by atoms with Gasteiger partial charge in [-0.2, -0.15) is 5.26 Å². The molecule has 0 bridgehead atoms. The zero-order valence-corrected chi connectivity index (χ0v) is 17.4. The van der Waals surface area contributed by atoms with Gasteiger partial charge in [0.05, 0.1) is 33.3 Å². The van der Waals surface area contributed by atoms with E-state index in [9.17, 15) is 14.9 Å². The van der Waals surface area contributed by atoms with Gasteiger partial charge >= 0.3 is 0 Å². The van der Waals surface area contributed by atoms with Crippen molar-refractivity contribution >= 4 is 51.6 Å². The Hall–Kier alpha value is -2.31. The number of carbonyl (C=O) groups excluding carboxylic acids is 2. The van der Waals surface area contributed by atoms with E-state index < -0.39 is 0 Å². The summed E-state index contributed by atoms with van der Waals surface area (Å²) in [6, 6.07) is 14.7. The molecule has 0 radical (unpaired) electrons. The van der Waals surface area contributed by atoms with E-state index in [0.717, 1.165) is 26.6 Å². The number of nitrogens with zero attached hydrogens (tertiary/aromatic N) is 2. The van der Waals surface area contributed by atoms with E-state index in [1.54, 1.807) is 30.3 Å². The summed E-state index contributed by atoms with van der Waals surface area (Å²) >= 11 is 3.09. The molecule has 0 spiro atoms. The largest absolute Gasteiger partial charge is 0.493 e. The van der Waals surface area contributed by atoms with Gasteiger partial charge in [-0.05, 0) is 76.7 Å². The van der Waals surface area contributed by atoms with Gasteiger partial charge in [0.25, 0.3) is 11.1 Å². The molecule has 0 N–H and O–H groups in total. The van der Waals surface area contributed by atoms with Gasteiger partial charge in [0, 0.05) is 0 Å². The molecule has 7 heteroatoms. The zero-order valence-electron chi connectivity index (χ0n) is 14.4. The van der Waals surface area contributed by atoms with E-state index in [-0.39, 0.29) is 17.7 Å². The summed E-state index contributed by atoms with van der Waals surface area (Å²) in [5, 5.41) is 8.86. The Labute approximate surface area is 175 Å². The Kier molecular flexibility index (Phi) is 6.19. The summed E-state index contributed by atoms with van der Waals surface area (Å²) in [5.74, 6) is 0.443. The number of benzene rings is 2. The fraction of sp³-hybridized carbons (Fsp3) is 0.150. The average Bonchev–Trinajstić information content (AvgIpc) is 2.92. The number of thioether (sulfide) groups is 1. The summed E-state index contributed by atoms with van der Waals surface area (Å²) in [5.41, 5.74) is 1.94. The fourth-order valence-electron chi connectivity index (χ4n) is 2.60. The molecule has 27 heavy (non-hydrogen) atoms. The van der Waals surface area contributed by atoms with Crippen LogP contribution in [0.5, 0.6) is 5.75 Å². The highest BCUT2D eigenvalue weighted by molar-refractivity contribution is 14.1. The second-order valence-corrected chi connectivity index (χ2v) is 7.82. The number of hydrogen-bond acceptors (Lipinski definition) is 5. The van der Waals surface area contributed by atoms with E-state index in [2.05, 4.69) is 28.7 Å². The SMILES string of the molecule is CCOc1ccc(C=C2SC(=O)N(Cc3ccccc3C#N)C2=O)cc1I. The Morgan fingerprint density at radius 2 is 2.04 bits per heavy atom. The van der Waals surface area contributed by atoms with Gasteiger partial charge in [-0.15, -0.1) is 0 Å². The Morgan fingerprint density at radius 1 is 1.26 bits per heavy atom. The predicted molar refractivity (Wildman–Crippen MR) is 113 cm³/mol. The maximum atomic E-state index is 12.7. The number of ether oxygens (including phenoxy) is 1. The van der Waals surface area contributed by atoms with Crippen LogP contribution in [0.3, 0.4) is 0 Å². The lowest BCUT2D eigenvalue weighted by atomic mass is 10.1. The first-order chi connectivity index (χ1) is 13.0. The molecule has 3 rings (SSSR count). The molecular weight excluding hydrogens is 475 g/mol. The van der Waals surface area contributed by atoms with Crippen LogP contribution in [-0.2, 0) is 11.3 Å². The topological polar surface area (TPSA) is 70.4 Å². The molecule has 0 aromatic heterocycles. The minimum Gasteiger partial charge on any atom is -0.493 e. The van der Waals surface area contributed by atoms with E-state index in [1.165, 1.54) is 4.90 Å². The Morgan fingerprint density at radius 3 is 2.74 bits per heavy atom. The highest BCUT2D eigenvalue weighted by atomic mass is 127. The summed E-state index contributed by atoms with van der Waals surface area (Å²) in [4.78, 5) is 26.5. The number of imide groups is 1. The van der Waals surface area contributed by atoms with Crippen LogP contribution in [0.25, 0.3) is 6.08 Å². The van der Waals surface area contributed by atoms with Gasteiger partial charge in [0.1, 0.15) is 5.75 Å². The first-order valence-corrected chi connectivity index (χ1v) is 10.1. The molecule has 2 amide bonds. The molecule has 5 nitrogen and oxygen atoms in total. The fourth-order valence-corrected chi connectivity index (χ4v) is 4.14. The van der Waals surface area contributed by atoms with Crippen LogP contribution in [0.15, 0.2) is 47.4 Å². The van der Waals surface area contributed by atoms with E-state index in [4.69, 9.17) is 4.74 Å². The molecule has 2 aromatic rings.